The predicted octanol–water partition coefficient (Wildman–Crippen LogP) is 1.16. The first-order chi connectivity index (χ1) is 9.33. The van der Waals surface area contributed by atoms with E-state index in [1.807, 2.05) is 11.6 Å². The van der Waals surface area contributed by atoms with Crippen molar-refractivity contribution in [2.24, 2.45) is 0 Å². The number of hydrogen-bond acceptors (Lipinski definition) is 5. The molecule has 96 valence electrons. The van der Waals surface area contributed by atoms with Crippen molar-refractivity contribution >= 4 is 23.0 Å². The van der Waals surface area contributed by atoms with Crippen molar-refractivity contribution < 1.29 is 4.79 Å². The van der Waals surface area contributed by atoms with E-state index in [1.165, 1.54) is 0 Å². The smallest absolute Gasteiger partial charge is 0.271 e. The molecule has 6 nitrogen and oxygen atoms in total. The Bertz CT molecular complexity index is 658. The van der Waals surface area contributed by atoms with Gasteiger partial charge in [-0.15, -0.1) is 11.3 Å². The number of aromatic nitrogens is 4. The van der Waals surface area contributed by atoms with Crippen molar-refractivity contribution in [2.75, 3.05) is 6.54 Å². The summed E-state index contributed by atoms with van der Waals surface area (Å²) in [5.74, 6) is 0.328. The summed E-state index contributed by atoms with van der Waals surface area (Å²) in [5.41, 5.74) is 0.373. The zero-order valence-electron chi connectivity index (χ0n) is 9.98. The van der Waals surface area contributed by atoms with Gasteiger partial charge in [-0.05, 0) is 6.07 Å². The third kappa shape index (κ3) is 2.60. The van der Waals surface area contributed by atoms with Crippen molar-refractivity contribution in [3.8, 4) is 0 Å². The Morgan fingerprint density at radius 1 is 1.37 bits per heavy atom. The van der Waals surface area contributed by atoms with Crippen LogP contribution in [-0.4, -0.2) is 31.8 Å². The van der Waals surface area contributed by atoms with E-state index in [0.29, 0.717) is 18.0 Å². The topological polar surface area (TPSA) is 72.2 Å². The zero-order chi connectivity index (χ0) is 13.1. The summed E-state index contributed by atoms with van der Waals surface area (Å²) in [7, 11) is 0. The van der Waals surface area contributed by atoms with Crippen LogP contribution in [0.15, 0.2) is 36.2 Å². The molecule has 0 aliphatic carbocycles. The summed E-state index contributed by atoms with van der Waals surface area (Å²) in [6.45, 7) is 0.549. The second-order valence-corrected chi connectivity index (χ2v) is 4.86. The fourth-order valence-electron chi connectivity index (χ4n) is 1.69. The maximum atomic E-state index is 11.9. The van der Waals surface area contributed by atoms with Gasteiger partial charge in [0.2, 0.25) is 5.78 Å². The lowest BCUT2D eigenvalue weighted by atomic mass is 10.4. The van der Waals surface area contributed by atoms with Gasteiger partial charge in [0.1, 0.15) is 5.69 Å². The fourth-order valence-corrected chi connectivity index (χ4v) is 2.31. The van der Waals surface area contributed by atoms with Gasteiger partial charge in [-0.3, -0.25) is 9.20 Å². The summed E-state index contributed by atoms with van der Waals surface area (Å²) in [6, 6.07) is 1.79. The second-order valence-electron chi connectivity index (χ2n) is 3.88. The summed E-state index contributed by atoms with van der Waals surface area (Å²) < 4.78 is 1.72. The van der Waals surface area contributed by atoms with Gasteiger partial charge in [-0.2, -0.15) is 0 Å². The number of thiazole rings is 1. The number of nitrogens with one attached hydrogen (secondary N) is 1. The summed E-state index contributed by atoms with van der Waals surface area (Å²) in [6.07, 6.45) is 7.61. The molecule has 19 heavy (non-hydrogen) atoms. The van der Waals surface area contributed by atoms with Crippen molar-refractivity contribution in [3.63, 3.8) is 0 Å². The normalized spacial score (nSPS) is 10.7. The quantitative estimate of drug-likeness (QED) is 0.774. The van der Waals surface area contributed by atoms with E-state index in [-0.39, 0.29) is 5.91 Å². The lowest BCUT2D eigenvalue weighted by molar-refractivity contribution is 0.0949. The van der Waals surface area contributed by atoms with Gasteiger partial charge in [-0.25, -0.2) is 15.0 Å². The third-order valence-corrected chi connectivity index (χ3v) is 3.42. The van der Waals surface area contributed by atoms with Gasteiger partial charge in [-0.1, -0.05) is 0 Å². The molecule has 0 fully saturated rings. The van der Waals surface area contributed by atoms with E-state index in [9.17, 15) is 4.79 Å². The Balaban J connectivity index is 1.63. The van der Waals surface area contributed by atoms with Crippen LogP contribution in [-0.2, 0) is 6.42 Å². The number of hydrogen-bond donors (Lipinski definition) is 1. The number of amides is 1. The van der Waals surface area contributed by atoms with Crippen LogP contribution in [0.4, 0.5) is 0 Å². The number of rotatable bonds is 4. The molecule has 3 heterocycles. The minimum atomic E-state index is -0.193. The monoisotopic (exact) mass is 273 g/mol. The maximum absolute atomic E-state index is 11.9. The first-order valence-corrected chi connectivity index (χ1v) is 6.67. The second kappa shape index (κ2) is 5.15. The van der Waals surface area contributed by atoms with E-state index in [2.05, 4.69) is 20.3 Å². The number of carbonyl (C=O) groups is 1. The summed E-state index contributed by atoms with van der Waals surface area (Å²) >= 11 is 1.58. The molecule has 3 aromatic heterocycles. The minimum Gasteiger partial charge on any atom is -0.350 e. The molecule has 0 saturated carbocycles. The molecule has 0 aliphatic rings. The molecular weight excluding hydrogens is 262 g/mol. The van der Waals surface area contributed by atoms with E-state index < -0.39 is 0 Å². The van der Waals surface area contributed by atoms with E-state index in [0.717, 1.165) is 11.4 Å². The van der Waals surface area contributed by atoms with Crippen LogP contribution in [0.25, 0.3) is 5.78 Å². The molecule has 0 spiro atoms. The van der Waals surface area contributed by atoms with Gasteiger partial charge in [0.15, 0.2) is 0 Å². The molecule has 1 amide bonds. The highest BCUT2D eigenvalue weighted by molar-refractivity contribution is 7.09. The third-order valence-electron chi connectivity index (χ3n) is 2.58. The SMILES string of the molecule is O=C(NCCc1nccs1)c1cn2cccnc2n1. The van der Waals surface area contributed by atoms with Crippen LogP contribution in [0.2, 0.25) is 0 Å². The molecule has 0 unspecified atom stereocenters. The van der Waals surface area contributed by atoms with Gasteiger partial charge in [0.05, 0.1) is 5.01 Å². The molecule has 7 heteroatoms. The number of fused-ring (bicyclic) bond motifs is 1. The molecule has 0 aliphatic heterocycles. The molecule has 0 radical (unpaired) electrons. The lowest BCUT2D eigenvalue weighted by Gasteiger charge is -2.00. The van der Waals surface area contributed by atoms with Gasteiger partial charge >= 0.3 is 0 Å². The zero-order valence-corrected chi connectivity index (χ0v) is 10.8. The summed E-state index contributed by atoms with van der Waals surface area (Å²) in [4.78, 5) is 24.3. The lowest BCUT2D eigenvalue weighted by Crippen LogP contribution is -2.25. The van der Waals surface area contributed by atoms with Crippen molar-refractivity contribution in [1.82, 2.24) is 24.7 Å². The molecule has 0 bridgehead atoms. The fraction of sp³-hybridized carbons (Fsp3) is 0.167. The Kier molecular flexibility index (Phi) is 3.20. The summed E-state index contributed by atoms with van der Waals surface area (Å²) in [5, 5.41) is 5.75. The Morgan fingerprint density at radius 3 is 3.11 bits per heavy atom. The average Bonchev–Trinajstić information content (AvgIpc) is 3.07. The number of imidazole rings is 1. The predicted molar refractivity (Wildman–Crippen MR) is 71.1 cm³/mol. The first kappa shape index (κ1) is 11.8. The van der Waals surface area contributed by atoms with Gasteiger partial charge < -0.3 is 5.32 Å². The van der Waals surface area contributed by atoms with Crippen molar-refractivity contribution in [1.29, 1.82) is 0 Å². The maximum Gasteiger partial charge on any atom is 0.271 e. The van der Waals surface area contributed by atoms with E-state index >= 15 is 0 Å². The van der Waals surface area contributed by atoms with Gasteiger partial charge in [0.25, 0.3) is 5.91 Å². The number of carbonyl (C=O) groups excluding carboxylic acids is 1. The molecule has 0 aromatic carbocycles. The van der Waals surface area contributed by atoms with E-state index in [4.69, 9.17) is 0 Å². The highest BCUT2D eigenvalue weighted by Crippen LogP contribution is 2.04. The van der Waals surface area contributed by atoms with Crippen molar-refractivity contribution in [3.05, 3.63) is 46.9 Å². The van der Waals surface area contributed by atoms with Crippen LogP contribution < -0.4 is 5.32 Å². The minimum absolute atomic E-state index is 0.193. The van der Waals surface area contributed by atoms with Crippen LogP contribution >= 0.6 is 11.3 Å². The number of nitrogens with zero attached hydrogens (tertiary/aromatic N) is 4. The largest absolute Gasteiger partial charge is 0.350 e. The molecule has 0 atom stereocenters. The highest BCUT2D eigenvalue weighted by Gasteiger charge is 2.10. The van der Waals surface area contributed by atoms with Crippen LogP contribution in [0.1, 0.15) is 15.5 Å². The van der Waals surface area contributed by atoms with Crippen LogP contribution in [0.5, 0.6) is 0 Å². The molecule has 0 saturated heterocycles. The molecule has 3 rings (SSSR count). The molecular formula is C12H11N5OS. The van der Waals surface area contributed by atoms with Crippen LogP contribution in [0.3, 0.4) is 0 Å². The van der Waals surface area contributed by atoms with E-state index in [1.54, 1.807) is 40.4 Å². The van der Waals surface area contributed by atoms with Crippen molar-refractivity contribution in [2.45, 2.75) is 6.42 Å². The Morgan fingerprint density at radius 2 is 2.32 bits per heavy atom. The standard InChI is InChI=1S/C12H11N5OS/c18-11(14-4-2-10-13-5-7-19-10)9-8-17-6-1-3-15-12(17)16-9/h1,3,5-8H,2,4H2,(H,14,18). The molecule has 3 aromatic rings. The van der Waals surface area contributed by atoms with Gasteiger partial charge in [0, 0.05) is 43.1 Å². The first-order valence-electron chi connectivity index (χ1n) is 5.79. The highest BCUT2D eigenvalue weighted by atomic mass is 32.1. The Labute approximate surface area is 113 Å². The average molecular weight is 273 g/mol. The molecule has 1 N–H and O–H groups in total. The Hall–Kier alpha value is -2.28. The van der Waals surface area contributed by atoms with Crippen LogP contribution in [0, 0.1) is 0 Å².